The van der Waals surface area contributed by atoms with E-state index in [4.69, 9.17) is 9.47 Å². The molecule has 3 heterocycles. The molecule has 6 nitrogen and oxygen atoms in total. The third-order valence-electron chi connectivity index (χ3n) is 4.05. The summed E-state index contributed by atoms with van der Waals surface area (Å²) in [4.78, 5) is 2.45. The highest BCUT2D eigenvalue weighted by molar-refractivity contribution is 5.11. The Morgan fingerprint density at radius 3 is 3.05 bits per heavy atom. The molecule has 0 amide bonds. The summed E-state index contributed by atoms with van der Waals surface area (Å²) in [6, 6.07) is 0.282. The normalized spacial score (nSPS) is 23.5. The second kappa shape index (κ2) is 6.03. The van der Waals surface area contributed by atoms with E-state index >= 15 is 0 Å². The molecule has 2 aliphatic heterocycles. The van der Waals surface area contributed by atoms with Crippen molar-refractivity contribution >= 4 is 0 Å². The number of fused-ring (bicyclic) bond motifs is 1. The number of hydrogen-bond donors (Lipinski definition) is 0. The molecule has 2 aliphatic rings. The van der Waals surface area contributed by atoms with Gasteiger partial charge in [0.25, 0.3) is 0 Å². The van der Waals surface area contributed by atoms with Gasteiger partial charge in [-0.3, -0.25) is 4.90 Å². The van der Waals surface area contributed by atoms with Crippen LogP contribution >= 0.6 is 0 Å². The molecule has 6 heteroatoms. The fourth-order valence-electron chi connectivity index (χ4n) is 2.92. The molecule has 20 heavy (non-hydrogen) atoms. The first-order chi connectivity index (χ1) is 9.79. The third-order valence-corrected chi connectivity index (χ3v) is 4.05. The quantitative estimate of drug-likeness (QED) is 0.773. The van der Waals surface area contributed by atoms with Gasteiger partial charge in [-0.2, -0.15) is 0 Å². The van der Waals surface area contributed by atoms with E-state index in [1.807, 2.05) is 0 Å². The van der Waals surface area contributed by atoms with Gasteiger partial charge in [0.2, 0.25) is 0 Å². The zero-order valence-corrected chi connectivity index (χ0v) is 12.2. The van der Waals surface area contributed by atoms with E-state index in [0.717, 1.165) is 50.9 Å². The molecule has 0 saturated carbocycles. The van der Waals surface area contributed by atoms with Crippen LogP contribution in [0.5, 0.6) is 0 Å². The van der Waals surface area contributed by atoms with Crippen molar-refractivity contribution in [1.29, 1.82) is 0 Å². The topological polar surface area (TPSA) is 52.4 Å². The summed E-state index contributed by atoms with van der Waals surface area (Å²) in [6.07, 6.45) is 3.34. The number of nitrogens with zero attached hydrogens (tertiary/aromatic N) is 4. The van der Waals surface area contributed by atoms with Crippen molar-refractivity contribution in [3.8, 4) is 0 Å². The van der Waals surface area contributed by atoms with Crippen LogP contribution < -0.4 is 0 Å². The predicted octanol–water partition coefficient (Wildman–Crippen LogP) is 1.15. The predicted molar refractivity (Wildman–Crippen MR) is 74.2 cm³/mol. The van der Waals surface area contributed by atoms with Gasteiger partial charge in [-0.25, -0.2) is 0 Å². The highest BCUT2D eigenvalue weighted by Gasteiger charge is 2.28. The Morgan fingerprint density at radius 2 is 2.30 bits per heavy atom. The van der Waals surface area contributed by atoms with Crippen LogP contribution in [0.25, 0.3) is 0 Å². The molecular weight excluding hydrogens is 256 g/mol. The fraction of sp³-hybridized carbons (Fsp3) is 0.714. The van der Waals surface area contributed by atoms with Crippen molar-refractivity contribution in [3.63, 3.8) is 0 Å². The molecule has 1 unspecified atom stereocenters. The van der Waals surface area contributed by atoms with Gasteiger partial charge >= 0.3 is 0 Å². The van der Waals surface area contributed by atoms with Crippen molar-refractivity contribution in [1.82, 2.24) is 19.7 Å². The van der Waals surface area contributed by atoms with E-state index in [1.165, 1.54) is 5.57 Å². The van der Waals surface area contributed by atoms with Crippen LogP contribution in [0.3, 0.4) is 0 Å². The second-order valence-electron chi connectivity index (χ2n) is 5.41. The molecule has 3 rings (SSSR count). The summed E-state index contributed by atoms with van der Waals surface area (Å²) in [5, 5.41) is 8.58. The van der Waals surface area contributed by atoms with Gasteiger partial charge < -0.3 is 14.0 Å². The summed E-state index contributed by atoms with van der Waals surface area (Å²) in [6.45, 7) is 7.26. The summed E-state index contributed by atoms with van der Waals surface area (Å²) >= 11 is 0. The van der Waals surface area contributed by atoms with E-state index in [-0.39, 0.29) is 6.04 Å². The SMILES string of the molecule is COCc1nnc2n1CCN(CC1=CCCOC1)C2C. The molecule has 0 N–H and O–H groups in total. The molecule has 0 aliphatic carbocycles. The van der Waals surface area contributed by atoms with Crippen molar-refractivity contribution in [2.24, 2.45) is 0 Å². The van der Waals surface area contributed by atoms with Crippen molar-refractivity contribution < 1.29 is 9.47 Å². The van der Waals surface area contributed by atoms with Crippen molar-refractivity contribution in [2.45, 2.75) is 32.5 Å². The summed E-state index contributed by atoms with van der Waals surface area (Å²) < 4.78 is 12.9. The lowest BCUT2D eigenvalue weighted by Gasteiger charge is -2.34. The zero-order chi connectivity index (χ0) is 13.9. The van der Waals surface area contributed by atoms with E-state index in [1.54, 1.807) is 7.11 Å². The Labute approximate surface area is 119 Å². The Kier molecular flexibility index (Phi) is 4.14. The Morgan fingerprint density at radius 1 is 1.40 bits per heavy atom. The number of ether oxygens (including phenoxy) is 2. The maximum absolute atomic E-state index is 5.52. The number of methoxy groups -OCH3 is 1. The lowest BCUT2D eigenvalue weighted by atomic mass is 10.1. The van der Waals surface area contributed by atoms with E-state index < -0.39 is 0 Å². The van der Waals surface area contributed by atoms with Gasteiger partial charge in [0.15, 0.2) is 5.82 Å². The number of aromatic nitrogens is 3. The zero-order valence-electron chi connectivity index (χ0n) is 12.2. The Bertz CT molecular complexity index is 497. The van der Waals surface area contributed by atoms with Crippen molar-refractivity contribution in [2.75, 3.05) is 33.4 Å². The van der Waals surface area contributed by atoms with Crippen LogP contribution in [-0.2, 0) is 22.6 Å². The summed E-state index contributed by atoms with van der Waals surface area (Å²) in [5.41, 5.74) is 1.38. The lowest BCUT2D eigenvalue weighted by Crippen LogP contribution is -2.39. The third kappa shape index (κ3) is 2.63. The molecular formula is C14H22N4O2. The molecule has 1 aromatic heterocycles. The van der Waals surface area contributed by atoms with Crippen LogP contribution in [0.4, 0.5) is 0 Å². The molecule has 0 bridgehead atoms. The van der Waals surface area contributed by atoms with E-state index in [0.29, 0.717) is 6.61 Å². The molecule has 0 radical (unpaired) electrons. The Balaban J connectivity index is 1.72. The van der Waals surface area contributed by atoms with Crippen LogP contribution in [0.1, 0.15) is 31.0 Å². The smallest absolute Gasteiger partial charge is 0.159 e. The molecule has 0 spiro atoms. The molecule has 0 fully saturated rings. The van der Waals surface area contributed by atoms with Gasteiger partial charge in [0.05, 0.1) is 19.3 Å². The van der Waals surface area contributed by atoms with Crippen LogP contribution in [0.15, 0.2) is 11.6 Å². The van der Waals surface area contributed by atoms with Crippen LogP contribution in [-0.4, -0.2) is 53.1 Å². The molecule has 0 aromatic carbocycles. The average molecular weight is 278 g/mol. The second-order valence-corrected chi connectivity index (χ2v) is 5.41. The Hall–Kier alpha value is -1.24. The molecule has 0 saturated heterocycles. The minimum atomic E-state index is 0.282. The van der Waals surface area contributed by atoms with Crippen LogP contribution in [0, 0.1) is 0 Å². The molecule has 1 aromatic rings. The minimum Gasteiger partial charge on any atom is -0.377 e. The average Bonchev–Trinajstić information content (AvgIpc) is 2.88. The molecule has 1 atom stereocenters. The largest absolute Gasteiger partial charge is 0.377 e. The van der Waals surface area contributed by atoms with E-state index in [2.05, 4.69) is 32.7 Å². The minimum absolute atomic E-state index is 0.282. The number of hydrogen-bond acceptors (Lipinski definition) is 5. The highest BCUT2D eigenvalue weighted by Crippen LogP contribution is 2.25. The van der Waals surface area contributed by atoms with Gasteiger partial charge in [-0.1, -0.05) is 6.08 Å². The fourth-order valence-corrected chi connectivity index (χ4v) is 2.92. The van der Waals surface area contributed by atoms with Gasteiger partial charge in [0, 0.05) is 26.7 Å². The first-order valence-electron chi connectivity index (χ1n) is 7.20. The summed E-state index contributed by atoms with van der Waals surface area (Å²) in [5.74, 6) is 1.97. The maximum Gasteiger partial charge on any atom is 0.159 e. The van der Waals surface area contributed by atoms with E-state index in [9.17, 15) is 0 Å². The van der Waals surface area contributed by atoms with Gasteiger partial charge in [-0.15, -0.1) is 10.2 Å². The lowest BCUT2D eigenvalue weighted by molar-refractivity contribution is 0.125. The van der Waals surface area contributed by atoms with Crippen LogP contribution in [0.2, 0.25) is 0 Å². The van der Waals surface area contributed by atoms with Gasteiger partial charge in [-0.05, 0) is 18.9 Å². The monoisotopic (exact) mass is 278 g/mol. The number of rotatable bonds is 4. The highest BCUT2D eigenvalue weighted by atomic mass is 16.5. The maximum atomic E-state index is 5.52. The molecule has 110 valence electrons. The first kappa shape index (κ1) is 13.7. The van der Waals surface area contributed by atoms with Crippen molar-refractivity contribution in [3.05, 3.63) is 23.3 Å². The standard InChI is InChI=1S/C14H22N4O2/c1-11-14-16-15-13(10-19-2)18(14)6-5-17(11)8-12-4-3-7-20-9-12/h4,11H,3,5-10H2,1-2H3. The van der Waals surface area contributed by atoms with Gasteiger partial charge in [0.1, 0.15) is 12.4 Å². The summed E-state index contributed by atoms with van der Waals surface area (Å²) in [7, 11) is 1.69. The first-order valence-corrected chi connectivity index (χ1v) is 7.20.